The number of rotatable bonds is 4. The molecular formula is C18H22N2O3. The Labute approximate surface area is 136 Å². The first-order valence-corrected chi connectivity index (χ1v) is 7.62. The summed E-state index contributed by atoms with van der Waals surface area (Å²) in [6, 6.07) is 6.23. The number of amides is 1. The lowest BCUT2D eigenvalue weighted by Gasteiger charge is -2.27. The van der Waals surface area contributed by atoms with E-state index >= 15 is 0 Å². The number of pyridine rings is 1. The fraction of sp³-hybridized carbons (Fsp3) is 0.333. The smallest absolute Gasteiger partial charge is 0.262 e. The Morgan fingerprint density at radius 2 is 1.83 bits per heavy atom. The van der Waals surface area contributed by atoms with E-state index in [1.165, 1.54) is 6.07 Å². The predicted molar refractivity (Wildman–Crippen MR) is 90.0 cm³/mol. The summed E-state index contributed by atoms with van der Waals surface area (Å²) in [5, 5.41) is 20.1. The number of carbonyl (C=O) groups excluding carboxylic acids is 1. The van der Waals surface area contributed by atoms with Crippen molar-refractivity contribution in [1.82, 2.24) is 4.98 Å². The summed E-state index contributed by atoms with van der Waals surface area (Å²) < 4.78 is 0. The molecular weight excluding hydrogens is 292 g/mol. The number of hydrogen-bond acceptors (Lipinski definition) is 4. The fourth-order valence-corrected chi connectivity index (χ4v) is 2.50. The quantitative estimate of drug-likeness (QED) is 0.903. The van der Waals surface area contributed by atoms with Gasteiger partial charge >= 0.3 is 0 Å². The number of aromatic nitrogens is 1. The molecule has 0 aliphatic heterocycles. The summed E-state index contributed by atoms with van der Waals surface area (Å²) in [4.78, 5) is 18.6. The number of benzene rings is 1. The van der Waals surface area contributed by atoms with Crippen LogP contribution in [0.3, 0.4) is 0 Å². The van der Waals surface area contributed by atoms with E-state index in [1.807, 2.05) is 27.7 Å². The Hall–Kier alpha value is -2.56. The molecule has 5 nitrogen and oxygen atoms in total. The topological polar surface area (TPSA) is 73.7 Å². The highest BCUT2D eigenvalue weighted by molar-refractivity contribution is 6.08. The number of anilines is 1. The lowest BCUT2D eigenvalue weighted by atomic mass is 9.98. The lowest BCUT2D eigenvalue weighted by Crippen LogP contribution is -2.37. The first-order chi connectivity index (χ1) is 10.8. The minimum absolute atomic E-state index is 0.00785. The summed E-state index contributed by atoms with van der Waals surface area (Å²) in [5.74, 6) is -0.529. The Bertz CT molecular complexity index is 697. The molecule has 0 fully saturated rings. The zero-order valence-electron chi connectivity index (χ0n) is 13.8. The molecule has 0 spiro atoms. The van der Waals surface area contributed by atoms with Gasteiger partial charge in [-0.25, -0.2) is 0 Å². The molecule has 2 rings (SSSR count). The van der Waals surface area contributed by atoms with Crippen molar-refractivity contribution in [3.63, 3.8) is 0 Å². The first kappa shape index (κ1) is 16.8. The number of phenols is 2. The Balaban J connectivity index is 2.51. The average molecular weight is 314 g/mol. The summed E-state index contributed by atoms with van der Waals surface area (Å²) in [7, 11) is 0. The predicted octanol–water partition coefficient (Wildman–Crippen LogP) is 3.67. The zero-order valence-corrected chi connectivity index (χ0v) is 13.8. The third kappa shape index (κ3) is 3.44. The van der Waals surface area contributed by atoms with Gasteiger partial charge in [-0.15, -0.1) is 0 Å². The minimum atomic E-state index is -0.326. The van der Waals surface area contributed by atoms with Crippen molar-refractivity contribution in [3.8, 4) is 11.5 Å². The second-order valence-electron chi connectivity index (χ2n) is 6.06. The van der Waals surface area contributed by atoms with Crippen molar-refractivity contribution in [2.75, 3.05) is 4.90 Å². The molecule has 0 unspecified atom stereocenters. The van der Waals surface area contributed by atoms with E-state index in [0.717, 1.165) is 0 Å². The van der Waals surface area contributed by atoms with Crippen molar-refractivity contribution in [1.29, 1.82) is 0 Å². The van der Waals surface area contributed by atoms with E-state index in [2.05, 4.69) is 4.98 Å². The maximum absolute atomic E-state index is 13.0. The van der Waals surface area contributed by atoms with Gasteiger partial charge in [0.15, 0.2) is 0 Å². The van der Waals surface area contributed by atoms with Crippen LogP contribution in [0.4, 0.5) is 5.69 Å². The highest BCUT2D eigenvalue weighted by Crippen LogP contribution is 2.33. The van der Waals surface area contributed by atoms with Gasteiger partial charge in [0.1, 0.15) is 11.5 Å². The van der Waals surface area contributed by atoms with Gasteiger partial charge < -0.3 is 15.1 Å². The van der Waals surface area contributed by atoms with Gasteiger partial charge in [0.05, 0.1) is 17.4 Å². The van der Waals surface area contributed by atoms with Crippen LogP contribution in [0.5, 0.6) is 11.5 Å². The van der Waals surface area contributed by atoms with Gasteiger partial charge in [-0.2, -0.15) is 0 Å². The second kappa shape index (κ2) is 6.69. The van der Waals surface area contributed by atoms with Crippen LogP contribution in [-0.2, 0) is 0 Å². The monoisotopic (exact) mass is 314 g/mol. The van der Waals surface area contributed by atoms with Crippen LogP contribution < -0.4 is 4.90 Å². The van der Waals surface area contributed by atoms with E-state index in [1.54, 1.807) is 35.5 Å². The molecule has 1 aromatic carbocycles. The molecule has 0 aliphatic carbocycles. The van der Waals surface area contributed by atoms with Crippen LogP contribution in [0.15, 0.2) is 36.7 Å². The van der Waals surface area contributed by atoms with Crippen molar-refractivity contribution in [2.45, 2.75) is 39.7 Å². The van der Waals surface area contributed by atoms with Crippen molar-refractivity contribution < 1.29 is 15.0 Å². The molecule has 0 saturated heterocycles. The van der Waals surface area contributed by atoms with Crippen LogP contribution in [0.25, 0.3) is 0 Å². The van der Waals surface area contributed by atoms with Gasteiger partial charge in [-0.1, -0.05) is 13.8 Å². The molecule has 0 atom stereocenters. The summed E-state index contributed by atoms with van der Waals surface area (Å²) in [6.07, 6.45) is 3.25. The van der Waals surface area contributed by atoms with Crippen LogP contribution in [0.2, 0.25) is 0 Å². The number of phenolic OH excluding ortho intramolecular Hbond substituents is 2. The second-order valence-corrected chi connectivity index (χ2v) is 6.06. The zero-order chi connectivity index (χ0) is 17.1. The largest absolute Gasteiger partial charge is 0.508 e. The SMILES string of the molecule is CC(C)c1cc(C(=O)N(c2cccnc2)C(C)C)c(O)cc1O. The molecule has 1 aromatic heterocycles. The third-order valence-corrected chi connectivity index (χ3v) is 3.66. The minimum Gasteiger partial charge on any atom is -0.508 e. The van der Waals surface area contributed by atoms with E-state index in [9.17, 15) is 15.0 Å². The van der Waals surface area contributed by atoms with Gasteiger partial charge in [-0.05, 0) is 43.5 Å². The lowest BCUT2D eigenvalue weighted by molar-refractivity contribution is 0.0977. The number of aromatic hydroxyl groups is 2. The molecule has 1 amide bonds. The molecule has 5 heteroatoms. The van der Waals surface area contributed by atoms with E-state index in [0.29, 0.717) is 11.3 Å². The van der Waals surface area contributed by atoms with Crippen molar-refractivity contribution >= 4 is 11.6 Å². The average Bonchev–Trinajstić information content (AvgIpc) is 2.47. The molecule has 0 radical (unpaired) electrons. The maximum atomic E-state index is 13.0. The third-order valence-electron chi connectivity index (χ3n) is 3.66. The Morgan fingerprint density at radius 3 is 2.35 bits per heavy atom. The fourth-order valence-electron chi connectivity index (χ4n) is 2.50. The van der Waals surface area contributed by atoms with E-state index in [-0.39, 0.29) is 34.9 Å². The molecule has 1 heterocycles. The van der Waals surface area contributed by atoms with Gasteiger partial charge in [0, 0.05) is 18.3 Å². The molecule has 0 saturated carbocycles. The summed E-state index contributed by atoms with van der Waals surface area (Å²) in [5.41, 5.74) is 1.45. The van der Waals surface area contributed by atoms with E-state index < -0.39 is 0 Å². The molecule has 2 N–H and O–H groups in total. The highest BCUT2D eigenvalue weighted by Gasteiger charge is 2.25. The van der Waals surface area contributed by atoms with E-state index in [4.69, 9.17) is 0 Å². The molecule has 122 valence electrons. The maximum Gasteiger partial charge on any atom is 0.262 e. The van der Waals surface area contributed by atoms with Crippen LogP contribution in [-0.4, -0.2) is 27.1 Å². The highest BCUT2D eigenvalue weighted by atomic mass is 16.3. The summed E-state index contributed by atoms with van der Waals surface area (Å²) in [6.45, 7) is 7.63. The molecule has 2 aromatic rings. The number of carbonyl (C=O) groups is 1. The first-order valence-electron chi connectivity index (χ1n) is 7.62. The van der Waals surface area contributed by atoms with Gasteiger partial charge in [0.2, 0.25) is 0 Å². The van der Waals surface area contributed by atoms with Gasteiger partial charge in [0.25, 0.3) is 5.91 Å². The van der Waals surface area contributed by atoms with Gasteiger partial charge in [-0.3, -0.25) is 9.78 Å². The molecule has 0 bridgehead atoms. The normalized spacial score (nSPS) is 11.0. The van der Waals surface area contributed by atoms with Crippen molar-refractivity contribution in [2.24, 2.45) is 0 Å². The number of hydrogen-bond donors (Lipinski definition) is 2. The van der Waals surface area contributed by atoms with Crippen LogP contribution >= 0.6 is 0 Å². The van der Waals surface area contributed by atoms with Crippen LogP contribution in [0, 0.1) is 0 Å². The number of nitrogens with zero attached hydrogens (tertiary/aromatic N) is 2. The molecule has 0 aliphatic rings. The van der Waals surface area contributed by atoms with Crippen molar-refractivity contribution in [3.05, 3.63) is 47.8 Å². The molecule has 23 heavy (non-hydrogen) atoms. The Kier molecular flexibility index (Phi) is 4.89. The Morgan fingerprint density at radius 1 is 1.13 bits per heavy atom. The van der Waals surface area contributed by atoms with Crippen LogP contribution in [0.1, 0.15) is 49.5 Å². The summed E-state index contributed by atoms with van der Waals surface area (Å²) >= 11 is 0. The standard InChI is InChI=1S/C18H22N2O3/c1-11(2)14-8-15(17(22)9-16(14)21)18(23)20(12(3)4)13-6-5-7-19-10-13/h5-12,21-22H,1-4H3.